The molecule has 0 radical (unpaired) electrons. The van der Waals surface area contributed by atoms with Gasteiger partial charge in [0.05, 0.1) is 5.52 Å². The SMILES string of the molecule is CC(=O)c1ccc2cccnc2c1C. The molecule has 0 bridgehead atoms. The number of aryl methyl sites for hydroxylation is 1. The number of carbonyl (C=O) groups excluding carboxylic acids is 1. The molecule has 1 heterocycles. The van der Waals surface area contributed by atoms with Gasteiger partial charge in [-0.15, -0.1) is 0 Å². The van der Waals surface area contributed by atoms with E-state index in [1.165, 1.54) is 0 Å². The molecule has 0 aliphatic heterocycles. The molecule has 1 aromatic heterocycles. The molecule has 0 aliphatic carbocycles. The molecule has 0 saturated heterocycles. The highest BCUT2D eigenvalue weighted by Gasteiger charge is 2.07. The third kappa shape index (κ3) is 1.29. The molecule has 2 nitrogen and oxygen atoms in total. The molecule has 1 aromatic carbocycles. The fourth-order valence-electron chi connectivity index (χ4n) is 1.67. The number of hydrogen-bond acceptors (Lipinski definition) is 2. The molecule has 0 spiro atoms. The van der Waals surface area contributed by atoms with Gasteiger partial charge in [-0.2, -0.15) is 0 Å². The number of fused-ring (bicyclic) bond motifs is 1. The van der Waals surface area contributed by atoms with Crippen LogP contribution in [-0.4, -0.2) is 10.8 Å². The number of ketones is 1. The Labute approximate surface area is 82.6 Å². The van der Waals surface area contributed by atoms with Gasteiger partial charge in [0.25, 0.3) is 0 Å². The van der Waals surface area contributed by atoms with Gasteiger partial charge in [-0.3, -0.25) is 9.78 Å². The molecule has 70 valence electrons. The molecule has 0 saturated carbocycles. The van der Waals surface area contributed by atoms with E-state index in [2.05, 4.69) is 4.98 Å². The van der Waals surface area contributed by atoms with Gasteiger partial charge in [0.2, 0.25) is 0 Å². The Hall–Kier alpha value is -1.70. The van der Waals surface area contributed by atoms with E-state index < -0.39 is 0 Å². The predicted octanol–water partition coefficient (Wildman–Crippen LogP) is 2.75. The summed E-state index contributed by atoms with van der Waals surface area (Å²) in [6, 6.07) is 7.70. The van der Waals surface area contributed by atoms with Gasteiger partial charge in [0, 0.05) is 17.1 Å². The van der Waals surface area contributed by atoms with Crippen LogP contribution in [0.25, 0.3) is 10.9 Å². The van der Waals surface area contributed by atoms with Gasteiger partial charge < -0.3 is 0 Å². The molecule has 0 unspecified atom stereocenters. The second-order valence-electron chi connectivity index (χ2n) is 3.37. The first-order valence-corrected chi connectivity index (χ1v) is 4.55. The Morgan fingerprint density at radius 2 is 2.07 bits per heavy atom. The van der Waals surface area contributed by atoms with E-state index in [1.807, 2.05) is 31.2 Å². The quantitative estimate of drug-likeness (QED) is 0.639. The Morgan fingerprint density at radius 1 is 1.29 bits per heavy atom. The van der Waals surface area contributed by atoms with Crippen molar-refractivity contribution in [2.75, 3.05) is 0 Å². The molecule has 2 aromatic rings. The van der Waals surface area contributed by atoms with Crippen LogP contribution in [0.3, 0.4) is 0 Å². The van der Waals surface area contributed by atoms with Gasteiger partial charge in [-0.25, -0.2) is 0 Å². The third-order valence-electron chi connectivity index (χ3n) is 2.41. The maximum Gasteiger partial charge on any atom is 0.160 e. The third-order valence-corrected chi connectivity index (χ3v) is 2.41. The van der Waals surface area contributed by atoms with E-state index >= 15 is 0 Å². The summed E-state index contributed by atoms with van der Waals surface area (Å²) in [5, 5.41) is 1.08. The van der Waals surface area contributed by atoms with E-state index in [1.54, 1.807) is 13.1 Å². The number of Topliss-reactive ketones (excluding diaryl/α,β-unsaturated/α-hetero) is 1. The molecular formula is C12H11NO. The smallest absolute Gasteiger partial charge is 0.160 e. The second-order valence-corrected chi connectivity index (χ2v) is 3.37. The largest absolute Gasteiger partial charge is 0.294 e. The summed E-state index contributed by atoms with van der Waals surface area (Å²) in [5.74, 6) is 0.0926. The summed E-state index contributed by atoms with van der Waals surface area (Å²) in [5.41, 5.74) is 2.65. The molecule has 0 aliphatic rings. The number of carbonyl (C=O) groups is 1. The van der Waals surface area contributed by atoms with Crippen molar-refractivity contribution in [3.05, 3.63) is 41.6 Å². The normalized spacial score (nSPS) is 10.4. The summed E-state index contributed by atoms with van der Waals surface area (Å²) < 4.78 is 0. The average molecular weight is 185 g/mol. The van der Waals surface area contributed by atoms with Crippen LogP contribution in [0.4, 0.5) is 0 Å². The minimum Gasteiger partial charge on any atom is -0.294 e. The zero-order chi connectivity index (χ0) is 10.1. The molecule has 2 heteroatoms. The highest BCUT2D eigenvalue weighted by atomic mass is 16.1. The second kappa shape index (κ2) is 3.22. The lowest BCUT2D eigenvalue weighted by atomic mass is 10.0. The molecule has 2 rings (SSSR count). The number of pyridine rings is 1. The lowest BCUT2D eigenvalue weighted by Crippen LogP contribution is -1.97. The number of benzene rings is 1. The standard InChI is InChI=1S/C12H11NO/c1-8-11(9(2)14)6-5-10-4-3-7-13-12(8)10/h3-7H,1-2H3. The van der Waals surface area contributed by atoms with E-state index in [9.17, 15) is 4.79 Å². The van der Waals surface area contributed by atoms with Crippen molar-refractivity contribution in [1.29, 1.82) is 0 Å². The van der Waals surface area contributed by atoms with Crippen LogP contribution >= 0.6 is 0 Å². The Balaban J connectivity index is 2.81. The monoisotopic (exact) mass is 185 g/mol. The number of nitrogens with zero attached hydrogens (tertiary/aromatic N) is 1. The van der Waals surface area contributed by atoms with Crippen LogP contribution in [0.2, 0.25) is 0 Å². The van der Waals surface area contributed by atoms with E-state index in [0.29, 0.717) is 0 Å². The topological polar surface area (TPSA) is 30.0 Å². The summed E-state index contributed by atoms with van der Waals surface area (Å²) in [7, 11) is 0. The zero-order valence-corrected chi connectivity index (χ0v) is 8.24. The van der Waals surface area contributed by atoms with Crippen LogP contribution in [0.1, 0.15) is 22.8 Å². The summed E-state index contributed by atoms with van der Waals surface area (Å²) >= 11 is 0. The van der Waals surface area contributed by atoms with Crippen molar-refractivity contribution in [3.8, 4) is 0 Å². The fourth-order valence-corrected chi connectivity index (χ4v) is 1.67. The van der Waals surface area contributed by atoms with Crippen LogP contribution in [0.15, 0.2) is 30.5 Å². The number of rotatable bonds is 1. The first-order valence-electron chi connectivity index (χ1n) is 4.55. The van der Waals surface area contributed by atoms with Crippen LogP contribution in [0, 0.1) is 6.92 Å². The predicted molar refractivity (Wildman–Crippen MR) is 56.5 cm³/mol. The van der Waals surface area contributed by atoms with E-state index in [-0.39, 0.29) is 5.78 Å². The van der Waals surface area contributed by atoms with Crippen LogP contribution < -0.4 is 0 Å². The summed E-state index contributed by atoms with van der Waals surface area (Å²) in [6.07, 6.45) is 1.75. The van der Waals surface area contributed by atoms with Gasteiger partial charge in [0.15, 0.2) is 5.78 Å². The van der Waals surface area contributed by atoms with Crippen LogP contribution in [0.5, 0.6) is 0 Å². The zero-order valence-electron chi connectivity index (χ0n) is 8.24. The fraction of sp³-hybridized carbons (Fsp3) is 0.167. The van der Waals surface area contributed by atoms with E-state index in [0.717, 1.165) is 22.0 Å². The van der Waals surface area contributed by atoms with Gasteiger partial charge >= 0.3 is 0 Å². The molecule has 0 amide bonds. The Bertz CT molecular complexity index is 503. The maximum atomic E-state index is 11.3. The van der Waals surface area contributed by atoms with Gasteiger partial charge in [-0.1, -0.05) is 18.2 Å². The van der Waals surface area contributed by atoms with Gasteiger partial charge in [-0.05, 0) is 25.5 Å². The molecule has 14 heavy (non-hydrogen) atoms. The highest BCUT2D eigenvalue weighted by Crippen LogP contribution is 2.19. The van der Waals surface area contributed by atoms with E-state index in [4.69, 9.17) is 0 Å². The minimum atomic E-state index is 0.0926. The van der Waals surface area contributed by atoms with Crippen molar-refractivity contribution < 1.29 is 4.79 Å². The lowest BCUT2D eigenvalue weighted by Gasteiger charge is -2.04. The Kier molecular flexibility index (Phi) is 2.04. The van der Waals surface area contributed by atoms with Crippen molar-refractivity contribution in [1.82, 2.24) is 4.98 Å². The number of hydrogen-bond donors (Lipinski definition) is 0. The highest BCUT2D eigenvalue weighted by molar-refractivity contribution is 6.00. The average Bonchev–Trinajstić information content (AvgIpc) is 2.18. The molecule has 0 atom stereocenters. The minimum absolute atomic E-state index is 0.0926. The molecule has 0 fully saturated rings. The van der Waals surface area contributed by atoms with Crippen LogP contribution in [-0.2, 0) is 0 Å². The van der Waals surface area contributed by atoms with Crippen molar-refractivity contribution in [2.24, 2.45) is 0 Å². The number of aromatic nitrogens is 1. The molecule has 0 N–H and O–H groups in total. The van der Waals surface area contributed by atoms with Crippen molar-refractivity contribution >= 4 is 16.7 Å². The molecular weight excluding hydrogens is 174 g/mol. The van der Waals surface area contributed by atoms with Crippen molar-refractivity contribution in [2.45, 2.75) is 13.8 Å². The van der Waals surface area contributed by atoms with Gasteiger partial charge in [0.1, 0.15) is 0 Å². The van der Waals surface area contributed by atoms with Crippen molar-refractivity contribution in [3.63, 3.8) is 0 Å². The summed E-state index contributed by atoms with van der Waals surface area (Å²) in [4.78, 5) is 15.6. The first-order chi connectivity index (χ1) is 6.70. The Morgan fingerprint density at radius 3 is 2.79 bits per heavy atom. The first kappa shape index (κ1) is 8.88. The lowest BCUT2D eigenvalue weighted by molar-refractivity contribution is 0.101. The maximum absolute atomic E-state index is 11.3. The summed E-state index contributed by atoms with van der Waals surface area (Å²) in [6.45, 7) is 3.52.